The van der Waals surface area contributed by atoms with Crippen LogP contribution >= 0.6 is 0 Å². The Balaban J connectivity index is 1.46. The summed E-state index contributed by atoms with van der Waals surface area (Å²) in [5, 5.41) is 9.12. The maximum absolute atomic E-state index is 13.0. The number of carbonyl (C=O) groups is 3. The highest BCUT2D eigenvalue weighted by Gasteiger charge is 2.53. The van der Waals surface area contributed by atoms with Crippen molar-refractivity contribution in [3.63, 3.8) is 0 Å². The molecule has 4 rings (SSSR count). The summed E-state index contributed by atoms with van der Waals surface area (Å²) in [7, 11) is 0. The maximum Gasteiger partial charge on any atom is 0.255 e. The molecule has 33 heavy (non-hydrogen) atoms. The Morgan fingerprint density at radius 3 is 2.58 bits per heavy atom. The lowest BCUT2D eigenvalue weighted by atomic mass is 9.78. The summed E-state index contributed by atoms with van der Waals surface area (Å²) in [6.07, 6.45) is 1.29. The molecule has 2 atom stereocenters. The number of nitrogens with two attached hydrogens (primary N) is 1. The first-order chi connectivity index (χ1) is 15.6. The van der Waals surface area contributed by atoms with Gasteiger partial charge in [-0.15, -0.1) is 0 Å². The number of amides is 3. The van der Waals surface area contributed by atoms with Crippen molar-refractivity contribution in [2.24, 2.45) is 11.1 Å². The molecule has 2 aliphatic rings. The summed E-state index contributed by atoms with van der Waals surface area (Å²) >= 11 is 0. The van der Waals surface area contributed by atoms with Crippen LogP contribution in [0, 0.1) is 5.41 Å². The lowest BCUT2D eigenvalue weighted by Crippen LogP contribution is -2.36. The molecule has 2 unspecified atom stereocenters. The summed E-state index contributed by atoms with van der Waals surface area (Å²) in [6.45, 7) is 6.76. The van der Waals surface area contributed by atoms with Crippen LogP contribution in [0.5, 0.6) is 5.75 Å². The Labute approximate surface area is 193 Å². The van der Waals surface area contributed by atoms with E-state index in [4.69, 9.17) is 10.5 Å². The van der Waals surface area contributed by atoms with E-state index in [1.165, 1.54) is 5.56 Å². The summed E-state index contributed by atoms with van der Waals surface area (Å²) in [5.74, 6) is -0.347. The van der Waals surface area contributed by atoms with Crippen LogP contribution in [-0.2, 0) is 26.2 Å². The van der Waals surface area contributed by atoms with Crippen LogP contribution in [0.4, 0.5) is 11.4 Å². The number of carbonyl (C=O) groups excluding carboxylic acids is 3. The van der Waals surface area contributed by atoms with E-state index in [0.717, 1.165) is 17.7 Å². The highest BCUT2D eigenvalue weighted by Crippen LogP contribution is 2.44. The summed E-state index contributed by atoms with van der Waals surface area (Å²) in [6, 6.07) is 12.3. The molecule has 2 heterocycles. The Morgan fingerprint density at radius 1 is 1.18 bits per heavy atom. The highest BCUT2D eigenvalue weighted by atomic mass is 16.5. The number of primary amides is 1. The van der Waals surface area contributed by atoms with Crippen LogP contribution in [0.15, 0.2) is 42.5 Å². The molecule has 0 saturated carbocycles. The maximum atomic E-state index is 13.0. The average molecular weight is 451 g/mol. The SMILES string of the molecule is CC(C)(C)Cc1ccc2c(c1)C1(CNC(C(=O)Nc3ccc(OCC(N)=O)cc3)C1)C(=O)N2. The number of hydrogen-bond donors (Lipinski definition) is 4. The highest BCUT2D eigenvalue weighted by molar-refractivity contribution is 6.08. The minimum atomic E-state index is -0.752. The van der Waals surface area contributed by atoms with E-state index in [9.17, 15) is 14.4 Å². The molecular weight excluding hydrogens is 420 g/mol. The summed E-state index contributed by atoms with van der Waals surface area (Å²) in [4.78, 5) is 36.7. The van der Waals surface area contributed by atoms with Crippen LogP contribution in [0.1, 0.15) is 38.3 Å². The topological polar surface area (TPSA) is 123 Å². The standard InChI is InChI=1S/C25H30N4O4/c1-24(2,3)11-15-4-9-19-18(10-15)25(23(32)29-19)12-20(27-14-25)22(31)28-16-5-7-17(8-6-16)33-13-21(26)30/h4-10,20,27H,11-14H2,1-3H3,(H2,26,30)(H,28,31)(H,29,32). The second-order valence-corrected chi connectivity index (χ2v) is 10.1. The molecule has 8 nitrogen and oxygen atoms in total. The van der Waals surface area contributed by atoms with Crippen LogP contribution in [0.25, 0.3) is 0 Å². The van der Waals surface area contributed by atoms with Gasteiger partial charge in [0.15, 0.2) is 6.61 Å². The largest absolute Gasteiger partial charge is 0.484 e. The molecular formula is C25H30N4O4. The zero-order valence-corrected chi connectivity index (χ0v) is 19.2. The normalized spacial score (nSPS) is 21.5. The van der Waals surface area contributed by atoms with Gasteiger partial charge in [-0.25, -0.2) is 0 Å². The van der Waals surface area contributed by atoms with E-state index in [2.05, 4.69) is 48.9 Å². The van der Waals surface area contributed by atoms with Crippen LogP contribution < -0.4 is 26.4 Å². The number of hydrogen-bond acceptors (Lipinski definition) is 5. The molecule has 3 amide bonds. The zero-order valence-electron chi connectivity index (χ0n) is 19.2. The fraction of sp³-hybridized carbons (Fsp3) is 0.400. The fourth-order valence-electron chi connectivity index (χ4n) is 4.56. The van der Waals surface area contributed by atoms with Crippen LogP contribution in [0.3, 0.4) is 0 Å². The van der Waals surface area contributed by atoms with E-state index in [1.54, 1.807) is 24.3 Å². The van der Waals surface area contributed by atoms with Crippen molar-refractivity contribution in [1.82, 2.24) is 5.32 Å². The molecule has 0 radical (unpaired) electrons. The van der Waals surface area contributed by atoms with E-state index in [-0.39, 0.29) is 23.8 Å². The predicted octanol–water partition coefficient (Wildman–Crippen LogP) is 2.33. The van der Waals surface area contributed by atoms with Gasteiger partial charge in [0.05, 0.1) is 11.5 Å². The Morgan fingerprint density at radius 2 is 1.91 bits per heavy atom. The second kappa shape index (κ2) is 8.51. The molecule has 5 N–H and O–H groups in total. The van der Waals surface area contributed by atoms with E-state index < -0.39 is 17.4 Å². The van der Waals surface area contributed by atoms with Gasteiger partial charge in [0, 0.05) is 17.9 Å². The van der Waals surface area contributed by atoms with E-state index in [0.29, 0.717) is 24.4 Å². The smallest absolute Gasteiger partial charge is 0.255 e. The van der Waals surface area contributed by atoms with E-state index in [1.807, 2.05) is 6.07 Å². The first-order valence-corrected chi connectivity index (χ1v) is 11.1. The lowest BCUT2D eigenvalue weighted by Gasteiger charge is -2.23. The Hall–Kier alpha value is -3.39. The Bertz CT molecular complexity index is 1090. The van der Waals surface area contributed by atoms with Crippen molar-refractivity contribution in [3.8, 4) is 5.75 Å². The minimum Gasteiger partial charge on any atom is -0.484 e. The van der Waals surface area contributed by atoms with Gasteiger partial charge >= 0.3 is 0 Å². The quantitative estimate of drug-likeness (QED) is 0.538. The van der Waals surface area contributed by atoms with Gasteiger partial charge < -0.3 is 26.4 Å². The van der Waals surface area contributed by atoms with Gasteiger partial charge in [0.25, 0.3) is 5.91 Å². The first kappa shape index (κ1) is 22.8. The molecule has 0 aromatic heterocycles. The molecule has 1 fully saturated rings. The minimum absolute atomic E-state index is 0.0656. The third-order valence-corrected chi connectivity index (χ3v) is 6.04. The molecule has 0 bridgehead atoms. The summed E-state index contributed by atoms with van der Waals surface area (Å²) in [5.41, 5.74) is 8.03. The van der Waals surface area contributed by atoms with Crippen molar-refractivity contribution in [2.45, 2.75) is 45.1 Å². The van der Waals surface area contributed by atoms with Gasteiger partial charge in [-0.05, 0) is 59.7 Å². The fourth-order valence-corrected chi connectivity index (χ4v) is 4.56. The van der Waals surface area contributed by atoms with Crippen molar-refractivity contribution < 1.29 is 19.1 Å². The molecule has 2 aliphatic heterocycles. The first-order valence-electron chi connectivity index (χ1n) is 11.1. The number of benzene rings is 2. The van der Waals surface area contributed by atoms with Crippen LogP contribution in [-0.4, -0.2) is 36.9 Å². The molecule has 2 aromatic rings. The van der Waals surface area contributed by atoms with E-state index >= 15 is 0 Å². The summed E-state index contributed by atoms with van der Waals surface area (Å²) < 4.78 is 5.23. The van der Waals surface area contributed by atoms with Gasteiger partial charge in [-0.3, -0.25) is 14.4 Å². The number of ether oxygens (including phenoxy) is 1. The van der Waals surface area contributed by atoms with Crippen LogP contribution in [0.2, 0.25) is 0 Å². The van der Waals surface area contributed by atoms with Gasteiger partial charge in [-0.2, -0.15) is 0 Å². The molecule has 1 spiro atoms. The molecule has 1 saturated heterocycles. The molecule has 8 heteroatoms. The number of nitrogens with one attached hydrogen (secondary N) is 3. The molecule has 2 aromatic carbocycles. The van der Waals surface area contributed by atoms with Crippen molar-refractivity contribution >= 4 is 29.1 Å². The second-order valence-electron chi connectivity index (χ2n) is 10.1. The predicted molar refractivity (Wildman–Crippen MR) is 126 cm³/mol. The molecule has 0 aliphatic carbocycles. The number of rotatable bonds is 6. The van der Waals surface area contributed by atoms with Crippen molar-refractivity contribution in [1.29, 1.82) is 0 Å². The Kier molecular flexibility index (Phi) is 5.88. The van der Waals surface area contributed by atoms with Gasteiger partial charge in [0.2, 0.25) is 11.8 Å². The molecule has 174 valence electrons. The van der Waals surface area contributed by atoms with Gasteiger partial charge in [0.1, 0.15) is 5.75 Å². The number of fused-ring (bicyclic) bond motifs is 2. The van der Waals surface area contributed by atoms with Crippen molar-refractivity contribution in [3.05, 3.63) is 53.6 Å². The average Bonchev–Trinajstić information content (AvgIpc) is 3.30. The number of anilines is 2. The van der Waals surface area contributed by atoms with Crippen molar-refractivity contribution in [2.75, 3.05) is 23.8 Å². The monoisotopic (exact) mass is 450 g/mol. The van der Waals surface area contributed by atoms with Gasteiger partial charge in [-0.1, -0.05) is 32.9 Å². The zero-order chi connectivity index (χ0) is 23.8. The lowest BCUT2D eigenvalue weighted by molar-refractivity contribution is -0.121. The third kappa shape index (κ3) is 4.85. The third-order valence-electron chi connectivity index (χ3n) is 6.04.